The van der Waals surface area contributed by atoms with E-state index in [4.69, 9.17) is 9.16 Å². The summed E-state index contributed by atoms with van der Waals surface area (Å²) in [4.78, 5) is 0. The fourth-order valence-electron chi connectivity index (χ4n) is 4.35. The van der Waals surface area contributed by atoms with Crippen LogP contribution in [-0.4, -0.2) is 14.9 Å². The first-order valence-electron chi connectivity index (χ1n) is 12.0. The van der Waals surface area contributed by atoms with E-state index in [1.807, 2.05) is 24.5 Å². The number of allylic oxidation sites excluding steroid dienone is 1. The van der Waals surface area contributed by atoms with Gasteiger partial charge in [0, 0.05) is 0 Å². The zero-order valence-electron chi connectivity index (χ0n) is 21.4. The van der Waals surface area contributed by atoms with Crippen LogP contribution in [0.15, 0.2) is 114 Å². The van der Waals surface area contributed by atoms with E-state index in [1.54, 1.807) is 0 Å². The van der Waals surface area contributed by atoms with Crippen molar-refractivity contribution in [3.05, 3.63) is 120 Å². The summed E-state index contributed by atoms with van der Waals surface area (Å²) in [6, 6.07) is 31.8. The highest BCUT2D eigenvalue weighted by molar-refractivity contribution is 6.99. The van der Waals surface area contributed by atoms with Crippen molar-refractivity contribution in [3.8, 4) is 0 Å². The first-order valence-corrected chi connectivity index (χ1v) is 13.9. The van der Waals surface area contributed by atoms with Crippen molar-refractivity contribution >= 4 is 18.7 Å². The number of rotatable bonds is 9. The fraction of sp³-hybridized carbons (Fsp3) is 0.290. The third-order valence-corrected chi connectivity index (χ3v) is 11.3. The van der Waals surface area contributed by atoms with Crippen LogP contribution >= 0.6 is 0 Å². The Morgan fingerprint density at radius 2 is 1.26 bits per heavy atom. The molecule has 0 amide bonds. The number of hydrogen-bond donors (Lipinski definition) is 0. The molecule has 0 spiro atoms. The molecule has 2 nitrogen and oxygen atoms in total. The zero-order valence-corrected chi connectivity index (χ0v) is 22.4. The summed E-state index contributed by atoms with van der Waals surface area (Å²) in [7, 11) is -2.58. The lowest BCUT2D eigenvalue weighted by Crippen LogP contribution is -2.66. The van der Waals surface area contributed by atoms with Crippen LogP contribution in [0.4, 0.5) is 0 Å². The van der Waals surface area contributed by atoms with Gasteiger partial charge in [-0.15, -0.1) is 0 Å². The molecule has 0 saturated carbocycles. The molecule has 0 aliphatic rings. The van der Waals surface area contributed by atoms with Gasteiger partial charge in [-0.05, 0) is 53.4 Å². The van der Waals surface area contributed by atoms with E-state index in [9.17, 15) is 0 Å². The highest BCUT2D eigenvalue weighted by Gasteiger charge is 2.50. The molecule has 0 fully saturated rings. The van der Waals surface area contributed by atoms with Crippen LogP contribution < -0.4 is 10.4 Å². The third kappa shape index (κ3) is 5.97. The molecule has 3 aromatic rings. The fourth-order valence-corrected chi connectivity index (χ4v) is 8.88. The SMILES string of the molecule is CC(C)=C(/C=C/OC(C)c1ccccc1)CO[Si](c1ccccc1)(c1ccccc1)C(C)(C)C. The van der Waals surface area contributed by atoms with Crippen LogP contribution in [0.3, 0.4) is 0 Å². The highest BCUT2D eigenvalue weighted by Crippen LogP contribution is 2.37. The Kier molecular flexibility index (Phi) is 8.71. The molecule has 0 aliphatic heterocycles. The van der Waals surface area contributed by atoms with Crippen LogP contribution in [0.25, 0.3) is 0 Å². The second kappa shape index (κ2) is 11.5. The first kappa shape index (κ1) is 25.7. The Morgan fingerprint density at radius 1 is 0.794 bits per heavy atom. The summed E-state index contributed by atoms with van der Waals surface area (Å²) in [5, 5.41) is 2.53. The van der Waals surface area contributed by atoms with E-state index in [-0.39, 0.29) is 11.1 Å². The average Bonchev–Trinajstić information content (AvgIpc) is 2.84. The molecule has 3 heteroatoms. The molecule has 0 N–H and O–H groups in total. The Morgan fingerprint density at radius 3 is 1.71 bits per heavy atom. The minimum absolute atomic E-state index is 0.00606. The molecular weight excluding hydrogens is 432 g/mol. The van der Waals surface area contributed by atoms with Gasteiger partial charge < -0.3 is 9.16 Å². The molecule has 0 saturated heterocycles. The maximum absolute atomic E-state index is 7.11. The number of ether oxygens (including phenoxy) is 1. The van der Waals surface area contributed by atoms with E-state index in [0.29, 0.717) is 6.61 Å². The van der Waals surface area contributed by atoms with Gasteiger partial charge in [-0.2, -0.15) is 0 Å². The molecule has 0 bridgehead atoms. The van der Waals surface area contributed by atoms with E-state index >= 15 is 0 Å². The normalized spacial score (nSPS) is 13.0. The highest BCUT2D eigenvalue weighted by atomic mass is 28.4. The van der Waals surface area contributed by atoms with Gasteiger partial charge in [-0.1, -0.05) is 117 Å². The minimum Gasteiger partial charge on any atom is -0.494 e. The summed E-state index contributed by atoms with van der Waals surface area (Å²) < 4.78 is 13.1. The van der Waals surface area contributed by atoms with Crippen molar-refractivity contribution in [1.82, 2.24) is 0 Å². The van der Waals surface area contributed by atoms with Gasteiger partial charge in [0.25, 0.3) is 8.32 Å². The van der Waals surface area contributed by atoms with Gasteiger partial charge in [0.05, 0.1) is 12.9 Å². The lowest BCUT2D eigenvalue weighted by molar-refractivity contribution is 0.164. The molecule has 3 aromatic carbocycles. The summed E-state index contributed by atoms with van der Waals surface area (Å²) in [6.07, 6.45) is 3.87. The predicted molar refractivity (Wildman–Crippen MR) is 147 cm³/mol. The summed E-state index contributed by atoms with van der Waals surface area (Å²) in [5.74, 6) is 0. The Hall–Kier alpha value is -2.88. The maximum Gasteiger partial charge on any atom is 0.261 e. The zero-order chi connectivity index (χ0) is 24.6. The second-order valence-electron chi connectivity index (χ2n) is 9.97. The minimum atomic E-state index is -2.58. The molecule has 1 unspecified atom stereocenters. The number of benzene rings is 3. The molecule has 178 valence electrons. The largest absolute Gasteiger partial charge is 0.494 e. The molecule has 34 heavy (non-hydrogen) atoms. The van der Waals surface area contributed by atoms with Gasteiger partial charge in [0.2, 0.25) is 0 Å². The van der Waals surface area contributed by atoms with Crippen LogP contribution in [0.1, 0.15) is 53.2 Å². The monoisotopic (exact) mass is 470 g/mol. The van der Waals surface area contributed by atoms with Crippen molar-refractivity contribution in [2.45, 2.75) is 52.7 Å². The van der Waals surface area contributed by atoms with E-state index < -0.39 is 8.32 Å². The lowest BCUT2D eigenvalue weighted by Gasteiger charge is -2.43. The summed E-state index contributed by atoms with van der Waals surface area (Å²) >= 11 is 0. The van der Waals surface area contributed by atoms with Gasteiger partial charge in [0.15, 0.2) is 0 Å². The van der Waals surface area contributed by atoms with Crippen molar-refractivity contribution in [1.29, 1.82) is 0 Å². The topological polar surface area (TPSA) is 18.5 Å². The van der Waals surface area contributed by atoms with Crippen LogP contribution in [0, 0.1) is 0 Å². The first-order chi connectivity index (χ1) is 16.3. The smallest absolute Gasteiger partial charge is 0.261 e. The summed E-state index contributed by atoms with van der Waals surface area (Å²) in [5.41, 5.74) is 3.54. The molecule has 3 rings (SSSR count). The Balaban J connectivity index is 1.89. The van der Waals surface area contributed by atoms with Crippen molar-refractivity contribution < 1.29 is 9.16 Å². The van der Waals surface area contributed by atoms with Crippen molar-refractivity contribution in [3.63, 3.8) is 0 Å². The van der Waals surface area contributed by atoms with Crippen molar-refractivity contribution in [2.75, 3.05) is 6.61 Å². The second-order valence-corrected chi connectivity index (χ2v) is 14.3. The average molecular weight is 471 g/mol. The standard InChI is InChI=1S/C31H38O2Si/c1-25(2)28(22-23-32-26(3)27-16-10-7-11-17-27)24-33-34(31(4,5)6,29-18-12-8-13-19-29)30-20-14-9-15-21-30/h7-23,26H,24H2,1-6H3/b23-22+. The lowest BCUT2D eigenvalue weighted by atomic mass is 10.1. The Labute approximate surface area is 207 Å². The van der Waals surface area contributed by atoms with Crippen LogP contribution in [0.2, 0.25) is 5.04 Å². The molecule has 0 aromatic heterocycles. The Bertz CT molecular complexity index is 1040. The molecule has 0 heterocycles. The molecule has 0 aliphatic carbocycles. The van der Waals surface area contributed by atoms with Gasteiger partial charge in [-0.25, -0.2) is 0 Å². The third-order valence-electron chi connectivity index (χ3n) is 6.32. The van der Waals surface area contributed by atoms with Gasteiger partial charge in [-0.3, -0.25) is 0 Å². The van der Waals surface area contributed by atoms with Crippen LogP contribution in [0.5, 0.6) is 0 Å². The molecular formula is C31H38O2Si. The quantitative estimate of drug-likeness (QED) is 0.187. The summed E-state index contributed by atoms with van der Waals surface area (Å²) in [6.45, 7) is 13.8. The maximum atomic E-state index is 7.11. The van der Waals surface area contributed by atoms with Gasteiger partial charge in [0.1, 0.15) is 6.10 Å². The van der Waals surface area contributed by atoms with Crippen molar-refractivity contribution in [2.24, 2.45) is 0 Å². The van der Waals surface area contributed by atoms with Gasteiger partial charge >= 0.3 is 0 Å². The predicted octanol–water partition coefficient (Wildman–Crippen LogP) is 7.19. The van der Waals surface area contributed by atoms with Crippen LogP contribution in [-0.2, 0) is 9.16 Å². The van der Waals surface area contributed by atoms with E-state index in [0.717, 1.165) is 11.1 Å². The molecule has 0 radical (unpaired) electrons. The number of hydrogen-bond acceptors (Lipinski definition) is 2. The van der Waals surface area contributed by atoms with E-state index in [2.05, 4.69) is 120 Å². The molecule has 1 atom stereocenters. The van der Waals surface area contributed by atoms with E-state index in [1.165, 1.54) is 15.9 Å².